The molecule has 8 nitrogen and oxygen atoms in total. The molecular formula is C22H26F3N5O3. The smallest absolute Gasteiger partial charge is 0.391 e. The van der Waals surface area contributed by atoms with Crippen LogP contribution >= 0.6 is 0 Å². The molecule has 3 rings (SSSR count). The summed E-state index contributed by atoms with van der Waals surface area (Å²) in [5, 5.41) is 13.4. The predicted octanol–water partition coefficient (Wildman–Crippen LogP) is 4.42. The van der Waals surface area contributed by atoms with E-state index in [1.165, 1.54) is 6.07 Å². The lowest BCUT2D eigenvalue weighted by Crippen LogP contribution is -2.20. The molecule has 0 bridgehead atoms. The number of halogens is 3. The lowest BCUT2D eigenvalue weighted by Gasteiger charge is -2.19. The van der Waals surface area contributed by atoms with Crippen LogP contribution in [0, 0.1) is 6.92 Å². The molecule has 0 saturated carbocycles. The topological polar surface area (TPSA) is 94.3 Å². The summed E-state index contributed by atoms with van der Waals surface area (Å²) >= 11 is 0. The van der Waals surface area contributed by atoms with Crippen LogP contribution in [0.4, 0.5) is 24.8 Å². The molecule has 2 aromatic heterocycles. The number of nitrogens with one attached hydrogen (secondary N) is 1. The third-order valence-electron chi connectivity index (χ3n) is 4.61. The molecule has 0 aliphatic rings. The van der Waals surface area contributed by atoms with Gasteiger partial charge in [0.1, 0.15) is 11.4 Å². The first-order valence-corrected chi connectivity index (χ1v) is 10.2. The van der Waals surface area contributed by atoms with E-state index in [4.69, 9.17) is 9.47 Å². The summed E-state index contributed by atoms with van der Waals surface area (Å²) in [7, 11) is 1.55. The van der Waals surface area contributed by atoms with Crippen LogP contribution in [0.1, 0.15) is 37.4 Å². The largest absolute Gasteiger partial charge is 0.494 e. The van der Waals surface area contributed by atoms with Gasteiger partial charge >= 0.3 is 6.18 Å². The van der Waals surface area contributed by atoms with Crippen molar-refractivity contribution in [2.45, 2.75) is 45.6 Å². The fraction of sp³-hybridized carbons (Fsp3) is 0.409. The molecule has 0 saturated heterocycles. The highest BCUT2D eigenvalue weighted by molar-refractivity contribution is 5.62. The Balaban J connectivity index is 1.83. The van der Waals surface area contributed by atoms with Gasteiger partial charge in [0.05, 0.1) is 55.8 Å². The minimum absolute atomic E-state index is 0.154. The van der Waals surface area contributed by atoms with Crippen molar-refractivity contribution in [2.24, 2.45) is 0 Å². The Morgan fingerprint density at radius 1 is 1.15 bits per heavy atom. The van der Waals surface area contributed by atoms with Crippen LogP contribution in [-0.2, 0) is 16.9 Å². The minimum Gasteiger partial charge on any atom is -0.494 e. The molecule has 0 aliphatic heterocycles. The molecule has 0 fully saturated rings. The van der Waals surface area contributed by atoms with Crippen molar-refractivity contribution in [1.82, 2.24) is 19.5 Å². The summed E-state index contributed by atoms with van der Waals surface area (Å²) in [5.74, 6) is 0.740. The summed E-state index contributed by atoms with van der Waals surface area (Å²) in [4.78, 5) is 12.9. The molecule has 178 valence electrons. The fourth-order valence-electron chi connectivity index (χ4n) is 2.96. The zero-order valence-corrected chi connectivity index (χ0v) is 18.8. The van der Waals surface area contributed by atoms with Crippen molar-refractivity contribution in [3.8, 4) is 11.4 Å². The molecular weight excluding hydrogens is 439 g/mol. The Labute approximate surface area is 189 Å². The maximum Gasteiger partial charge on any atom is 0.391 e. The number of imidazole rings is 1. The third kappa shape index (κ3) is 6.90. The third-order valence-corrected chi connectivity index (χ3v) is 4.61. The highest BCUT2D eigenvalue weighted by Gasteiger charge is 2.26. The van der Waals surface area contributed by atoms with E-state index in [0.717, 1.165) is 11.4 Å². The monoisotopic (exact) mass is 465 g/mol. The second kappa shape index (κ2) is 9.75. The Hall–Kier alpha value is -3.18. The highest BCUT2D eigenvalue weighted by Crippen LogP contribution is 2.29. The number of aliphatic hydroxyl groups is 1. The average molecular weight is 465 g/mol. The van der Waals surface area contributed by atoms with E-state index in [2.05, 4.69) is 20.3 Å². The van der Waals surface area contributed by atoms with Crippen LogP contribution in [0.3, 0.4) is 0 Å². The molecule has 0 spiro atoms. The van der Waals surface area contributed by atoms with E-state index >= 15 is 0 Å². The van der Waals surface area contributed by atoms with Gasteiger partial charge in [-0.25, -0.2) is 15.0 Å². The number of benzene rings is 1. The zero-order valence-electron chi connectivity index (χ0n) is 18.8. The molecule has 0 unspecified atom stereocenters. The Kier molecular flexibility index (Phi) is 7.23. The normalized spacial score (nSPS) is 12.1. The second-order valence-electron chi connectivity index (χ2n) is 7.98. The van der Waals surface area contributed by atoms with Gasteiger partial charge in [0.2, 0.25) is 5.95 Å². The molecule has 1 aromatic carbocycles. The number of aryl methyl sites for hydroxylation is 1. The van der Waals surface area contributed by atoms with Crippen LogP contribution in [0.2, 0.25) is 0 Å². The Bertz CT molecular complexity index is 1090. The first-order chi connectivity index (χ1) is 15.4. The van der Waals surface area contributed by atoms with Gasteiger partial charge in [0.25, 0.3) is 0 Å². The van der Waals surface area contributed by atoms with Gasteiger partial charge in [0, 0.05) is 18.0 Å². The number of anilines is 2. The number of hydrogen-bond donors (Lipinski definition) is 2. The molecule has 11 heteroatoms. The lowest BCUT2D eigenvalue weighted by atomic mass is 10.0. The molecule has 0 aliphatic carbocycles. The quantitative estimate of drug-likeness (QED) is 0.452. The molecule has 2 heterocycles. The van der Waals surface area contributed by atoms with Crippen molar-refractivity contribution >= 4 is 11.6 Å². The summed E-state index contributed by atoms with van der Waals surface area (Å²) in [6.45, 7) is 4.35. The van der Waals surface area contributed by atoms with Gasteiger partial charge in [-0.05, 0) is 39.0 Å². The molecule has 0 atom stereocenters. The number of hydrogen-bond acceptors (Lipinski definition) is 7. The molecule has 2 N–H and O–H groups in total. The highest BCUT2D eigenvalue weighted by atomic mass is 19.4. The van der Waals surface area contributed by atoms with E-state index in [1.54, 1.807) is 39.4 Å². The fourth-order valence-corrected chi connectivity index (χ4v) is 2.96. The summed E-state index contributed by atoms with van der Waals surface area (Å²) in [5.41, 5.74) is 1.61. The van der Waals surface area contributed by atoms with Gasteiger partial charge in [-0.2, -0.15) is 13.2 Å². The Morgan fingerprint density at radius 3 is 2.52 bits per heavy atom. The first-order valence-electron chi connectivity index (χ1n) is 10.2. The number of rotatable bonds is 9. The van der Waals surface area contributed by atoms with Crippen molar-refractivity contribution in [3.63, 3.8) is 0 Å². The number of nitrogens with zero attached hydrogens (tertiary/aromatic N) is 4. The van der Waals surface area contributed by atoms with Gasteiger partial charge in [-0.1, -0.05) is 0 Å². The van der Waals surface area contributed by atoms with Gasteiger partial charge < -0.3 is 24.5 Å². The van der Waals surface area contributed by atoms with Crippen molar-refractivity contribution in [3.05, 3.63) is 53.9 Å². The maximum absolute atomic E-state index is 12.3. The number of methoxy groups -OCH3 is 1. The maximum atomic E-state index is 12.3. The van der Waals surface area contributed by atoms with E-state index in [9.17, 15) is 18.3 Å². The molecule has 0 radical (unpaired) electrons. The lowest BCUT2D eigenvalue weighted by molar-refractivity contribution is -0.146. The van der Waals surface area contributed by atoms with E-state index < -0.39 is 24.8 Å². The van der Waals surface area contributed by atoms with Gasteiger partial charge in [-0.3, -0.25) is 0 Å². The molecule has 33 heavy (non-hydrogen) atoms. The standard InChI is InChI=1S/C22H26F3N5O3/c1-14-11-30(13-26-14)17-6-5-15(9-18(17)32-4)27-20-28-16(10-19(29-20)21(2,3)31)12-33-8-7-22(23,24)25/h5-6,9-11,13,31H,7-8,12H2,1-4H3,(H,27,28,29). The summed E-state index contributed by atoms with van der Waals surface area (Å²) in [6.07, 6.45) is -1.80. The van der Waals surface area contributed by atoms with Crippen molar-refractivity contribution < 1.29 is 27.8 Å². The summed E-state index contributed by atoms with van der Waals surface area (Å²) < 4.78 is 49.5. The van der Waals surface area contributed by atoms with Crippen LogP contribution in [0.5, 0.6) is 5.75 Å². The van der Waals surface area contributed by atoms with Crippen LogP contribution < -0.4 is 10.1 Å². The SMILES string of the molecule is COc1cc(Nc2nc(COCCC(F)(F)F)cc(C(C)(C)O)n2)ccc1-n1cnc(C)c1. The van der Waals surface area contributed by atoms with Gasteiger partial charge in [0.15, 0.2) is 0 Å². The second-order valence-corrected chi connectivity index (χ2v) is 7.98. The van der Waals surface area contributed by atoms with Crippen molar-refractivity contribution in [2.75, 3.05) is 19.0 Å². The van der Waals surface area contributed by atoms with Crippen LogP contribution in [0.25, 0.3) is 5.69 Å². The number of aromatic nitrogens is 4. The molecule has 3 aromatic rings. The first kappa shape index (κ1) is 24.5. The number of ether oxygens (including phenoxy) is 2. The predicted molar refractivity (Wildman–Crippen MR) is 116 cm³/mol. The Morgan fingerprint density at radius 2 is 1.91 bits per heavy atom. The van der Waals surface area contributed by atoms with E-state index in [0.29, 0.717) is 22.8 Å². The van der Waals surface area contributed by atoms with Crippen LogP contribution in [-0.4, -0.2) is 44.5 Å². The van der Waals surface area contributed by atoms with Crippen molar-refractivity contribution in [1.29, 1.82) is 0 Å². The van der Waals surface area contributed by atoms with Crippen LogP contribution in [0.15, 0.2) is 36.8 Å². The van der Waals surface area contributed by atoms with E-state index in [-0.39, 0.29) is 12.6 Å². The molecule has 0 amide bonds. The number of alkyl halides is 3. The average Bonchev–Trinajstić information content (AvgIpc) is 3.15. The van der Waals surface area contributed by atoms with E-state index in [1.807, 2.05) is 23.8 Å². The summed E-state index contributed by atoms with van der Waals surface area (Å²) in [6, 6.07) is 6.89. The zero-order chi connectivity index (χ0) is 24.2. The van der Waals surface area contributed by atoms with Gasteiger partial charge in [-0.15, -0.1) is 0 Å². The minimum atomic E-state index is -4.29.